The second kappa shape index (κ2) is 6.68. The Hall–Kier alpha value is -0.940. The van der Waals surface area contributed by atoms with Gasteiger partial charge >= 0.3 is 0 Å². The minimum absolute atomic E-state index is 0.526. The molecule has 2 aliphatic rings. The Labute approximate surface area is 120 Å². The normalized spacial score (nSPS) is 24.0. The van der Waals surface area contributed by atoms with Gasteiger partial charge in [0.05, 0.1) is 13.2 Å². The van der Waals surface area contributed by atoms with E-state index < -0.39 is 0 Å². The van der Waals surface area contributed by atoms with Crippen molar-refractivity contribution in [2.45, 2.75) is 51.5 Å². The van der Waals surface area contributed by atoms with Crippen molar-refractivity contribution in [2.24, 2.45) is 5.92 Å². The first-order valence-electron chi connectivity index (χ1n) is 7.97. The first kappa shape index (κ1) is 14.0. The number of rotatable bonds is 6. The largest absolute Gasteiger partial charge is 0.381 e. The maximum atomic E-state index is 5.56. The molecule has 5 heteroatoms. The predicted molar refractivity (Wildman–Crippen MR) is 75.4 cm³/mol. The zero-order valence-corrected chi connectivity index (χ0v) is 12.4. The molecule has 1 atom stereocenters. The van der Waals surface area contributed by atoms with Crippen LogP contribution in [0.4, 0.5) is 0 Å². The average Bonchev–Trinajstić information content (AvgIpc) is 2.85. The molecule has 1 saturated carbocycles. The number of ether oxygens (including phenoxy) is 1. The Morgan fingerprint density at radius 1 is 1.25 bits per heavy atom. The fourth-order valence-corrected chi connectivity index (χ4v) is 2.97. The summed E-state index contributed by atoms with van der Waals surface area (Å²) in [5.74, 6) is 2.87. The first-order valence-corrected chi connectivity index (χ1v) is 7.97. The van der Waals surface area contributed by atoms with Crippen LogP contribution in [0.2, 0.25) is 0 Å². The molecule has 20 heavy (non-hydrogen) atoms. The lowest BCUT2D eigenvalue weighted by Gasteiger charge is -2.28. The molecule has 112 valence electrons. The zero-order chi connectivity index (χ0) is 13.8. The Morgan fingerprint density at radius 3 is 2.80 bits per heavy atom. The van der Waals surface area contributed by atoms with Gasteiger partial charge in [-0.1, -0.05) is 18.5 Å². The predicted octanol–water partition coefficient (Wildman–Crippen LogP) is 2.59. The van der Waals surface area contributed by atoms with Gasteiger partial charge < -0.3 is 9.26 Å². The summed E-state index contributed by atoms with van der Waals surface area (Å²) >= 11 is 0. The van der Waals surface area contributed by atoms with Crippen molar-refractivity contribution in [1.82, 2.24) is 15.0 Å². The van der Waals surface area contributed by atoms with Gasteiger partial charge in [0, 0.05) is 19.1 Å². The van der Waals surface area contributed by atoms with Gasteiger partial charge in [-0.15, -0.1) is 0 Å². The van der Waals surface area contributed by atoms with Gasteiger partial charge in [-0.2, -0.15) is 4.98 Å². The molecule has 0 aromatic carbocycles. The molecule has 1 saturated heterocycles. The Bertz CT molecular complexity index is 411. The molecular formula is C15H25N3O2. The van der Waals surface area contributed by atoms with Crippen LogP contribution in [0.25, 0.3) is 0 Å². The highest BCUT2D eigenvalue weighted by Gasteiger charge is 2.26. The van der Waals surface area contributed by atoms with Gasteiger partial charge in [0.25, 0.3) is 0 Å². The fraction of sp³-hybridized carbons (Fsp3) is 0.867. The van der Waals surface area contributed by atoms with Crippen LogP contribution in [0.1, 0.15) is 56.7 Å². The zero-order valence-electron chi connectivity index (χ0n) is 12.4. The second-order valence-electron chi connectivity index (χ2n) is 6.09. The van der Waals surface area contributed by atoms with Crippen LogP contribution in [-0.2, 0) is 11.3 Å². The lowest BCUT2D eigenvalue weighted by molar-refractivity contribution is 0.0376. The SMILES string of the molecule is CCN(Cc1noc(C2CCC2)n1)C[C@H]1CCCOC1. The molecule has 1 aliphatic carbocycles. The monoisotopic (exact) mass is 279 g/mol. The van der Waals surface area contributed by atoms with Crippen molar-refractivity contribution in [3.8, 4) is 0 Å². The third kappa shape index (κ3) is 3.38. The van der Waals surface area contributed by atoms with Crippen LogP contribution < -0.4 is 0 Å². The molecule has 5 nitrogen and oxygen atoms in total. The number of hydrogen-bond acceptors (Lipinski definition) is 5. The van der Waals surface area contributed by atoms with Gasteiger partial charge in [-0.3, -0.25) is 4.90 Å². The van der Waals surface area contributed by atoms with E-state index in [0.29, 0.717) is 11.8 Å². The standard InChI is InChI=1S/C15H25N3O2/c1-2-18(9-12-5-4-8-19-11-12)10-14-16-15(20-17-14)13-6-3-7-13/h12-13H,2-11H2,1H3/t12-/m1/s1. The van der Waals surface area contributed by atoms with E-state index in [9.17, 15) is 0 Å². The average molecular weight is 279 g/mol. The van der Waals surface area contributed by atoms with E-state index in [1.807, 2.05) is 0 Å². The van der Waals surface area contributed by atoms with E-state index in [-0.39, 0.29) is 0 Å². The maximum Gasteiger partial charge on any atom is 0.229 e. The summed E-state index contributed by atoms with van der Waals surface area (Å²) in [6.45, 7) is 6.90. The number of aromatic nitrogens is 2. The van der Waals surface area contributed by atoms with Gasteiger partial charge in [-0.05, 0) is 38.1 Å². The highest BCUT2D eigenvalue weighted by atomic mass is 16.5. The molecule has 2 heterocycles. The van der Waals surface area contributed by atoms with E-state index in [1.165, 1.54) is 32.1 Å². The van der Waals surface area contributed by atoms with Crippen molar-refractivity contribution < 1.29 is 9.26 Å². The molecule has 0 unspecified atom stereocenters. The molecule has 0 radical (unpaired) electrons. The van der Waals surface area contributed by atoms with Crippen molar-refractivity contribution in [3.05, 3.63) is 11.7 Å². The maximum absolute atomic E-state index is 5.56. The Balaban J connectivity index is 1.52. The summed E-state index contributed by atoms with van der Waals surface area (Å²) in [6, 6.07) is 0. The molecule has 2 fully saturated rings. The quantitative estimate of drug-likeness (QED) is 0.801. The fourth-order valence-electron chi connectivity index (χ4n) is 2.97. The van der Waals surface area contributed by atoms with Crippen LogP contribution >= 0.6 is 0 Å². The third-order valence-corrected chi connectivity index (χ3v) is 4.52. The molecule has 0 spiro atoms. The highest BCUT2D eigenvalue weighted by molar-refractivity contribution is 4.98. The van der Waals surface area contributed by atoms with Gasteiger partial charge in [0.2, 0.25) is 5.89 Å². The summed E-state index contributed by atoms with van der Waals surface area (Å²) in [7, 11) is 0. The van der Waals surface area contributed by atoms with Crippen molar-refractivity contribution >= 4 is 0 Å². The lowest BCUT2D eigenvalue weighted by atomic mass is 9.85. The highest BCUT2D eigenvalue weighted by Crippen LogP contribution is 2.35. The van der Waals surface area contributed by atoms with Gasteiger partial charge in [0.15, 0.2) is 5.82 Å². The van der Waals surface area contributed by atoms with Crippen molar-refractivity contribution in [2.75, 3.05) is 26.3 Å². The van der Waals surface area contributed by atoms with Crippen molar-refractivity contribution in [3.63, 3.8) is 0 Å². The molecular weight excluding hydrogens is 254 g/mol. The van der Waals surface area contributed by atoms with Crippen LogP contribution in [0.5, 0.6) is 0 Å². The third-order valence-electron chi connectivity index (χ3n) is 4.52. The van der Waals surface area contributed by atoms with Gasteiger partial charge in [0.1, 0.15) is 0 Å². The van der Waals surface area contributed by atoms with Crippen LogP contribution in [-0.4, -0.2) is 41.3 Å². The number of nitrogens with zero attached hydrogens (tertiary/aromatic N) is 3. The first-order chi connectivity index (χ1) is 9.85. The number of hydrogen-bond donors (Lipinski definition) is 0. The van der Waals surface area contributed by atoms with Crippen molar-refractivity contribution in [1.29, 1.82) is 0 Å². The van der Waals surface area contributed by atoms with E-state index in [2.05, 4.69) is 22.0 Å². The summed E-state index contributed by atoms with van der Waals surface area (Å²) in [5, 5.41) is 4.14. The molecule has 0 bridgehead atoms. The van der Waals surface area contributed by atoms with E-state index >= 15 is 0 Å². The molecule has 3 rings (SSSR count). The van der Waals surface area contributed by atoms with E-state index in [4.69, 9.17) is 9.26 Å². The minimum atomic E-state index is 0.526. The molecule has 1 aromatic heterocycles. The molecule has 1 aromatic rings. The summed E-state index contributed by atoms with van der Waals surface area (Å²) in [6.07, 6.45) is 6.18. The molecule has 0 N–H and O–H groups in total. The summed E-state index contributed by atoms with van der Waals surface area (Å²) in [5.41, 5.74) is 0. The van der Waals surface area contributed by atoms with Gasteiger partial charge in [-0.25, -0.2) is 0 Å². The van der Waals surface area contributed by atoms with Crippen LogP contribution in [0, 0.1) is 5.92 Å². The minimum Gasteiger partial charge on any atom is -0.381 e. The lowest BCUT2D eigenvalue weighted by Crippen LogP contribution is -2.33. The van der Waals surface area contributed by atoms with E-state index in [1.54, 1.807) is 0 Å². The molecule has 0 amide bonds. The Kier molecular flexibility index (Phi) is 4.68. The smallest absolute Gasteiger partial charge is 0.229 e. The van der Waals surface area contributed by atoms with Crippen LogP contribution in [0.15, 0.2) is 4.52 Å². The second-order valence-corrected chi connectivity index (χ2v) is 6.09. The Morgan fingerprint density at radius 2 is 2.15 bits per heavy atom. The summed E-state index contributed by atoms with van der Waals surface area (Å²) < 4.78 is 11.0. The van der Waals surface area contributed by atoms with E-state index in [0.717, 1.165) is 44.6 Å². The molecule has 1 aliphatic heterocycles. The topological polar surface area (TPSA) is 51.4 Å². The summed E-state index contributed by atoms with van der Waals surface area (Å²) in [4.78, 5) is 6.96. The van der Waals surface area contributed by atoms with Crippen LogP contribution in [0.3, 0.4) is 0 Å².